The summed E-state index contributed by atoms with van der Waals surface area (Å²) in [6, 6.07) is 6.11. The molecule has 0 aromatic carbocycles. The van der Waals surface area contributed by atoms with Crippen LogP contribution in [0.4, 0.5) is 5.82 Å². The van der Waals surface area contributed by atoms with Crippen molar-refractivity contribution in [3.05, 3.63) is 23.9 Å². The second-order valence-corrected chi connectivity index (χ2v) is 5.08. The van der Waals surface area contributed by atoms with Gasteiger partial charge >= 0.3 is 0 Å². The Hall–Kier alpha value is -0.760. The molecular formula is C13H19ClN2. The lowest BCUT2D eigenvalue weighted by molar-refractivity contribution is 0.323. The summed E-state index contributed by atoms with van der Waals surface area (Å²) in [5.74, 6) is 3.15. The SMILES string of the molecule is CC1CCN(c2cccc(CCl)n2)CC1C. The lowest BCUT2D eigenvalue weighted by atomic mass is 9.89. The van der Waals surface area contributed by atoms with Crippen LogP contribution >= 0.6 is 11.6 Å². The first kappa shape index (κ1) is 11.7. The van der Waals surface area contributed by atoms with Crippen molar-refractivity contribution in [2.24, 2.45) is 11.8 Å². The zero-order chi connectivity index (χ0) is 11.5. The maximum absolute atomic E-state index is 5.81. The van der Waals surface area contributed by atoms with Crippen molar-refractivity contribution >= 4 is 17.4 Å². The van der Waals surface area contributed by atoms with Crippen LogP contribution in [0.2, 0.25) is 0 Å². The zero-order valence-corrected chi connectivity index (χ0v) is 10.7. The van der Waals surface area contributed by atoms with Crippen LogP contribution in [0.1, 0.15) is 26.0 Å². The molecule has 2 unspecified atom stereocenters. The summed E-state index contributed by atoms with van der Waals surface area (Å²) in [7, 11) is 0. The van der Waals surface area contributed by atoms with E-state index >= 15 is 0 Å². The standard InChI is InChI=1S/C13H19ClN2/c1-10-6-7-16(9-11(10)2)13-5-3-4-12(8-14)15-13/h3-5,10-11H,6-9H2,1-2H3. The van der Waals surface area contributed by atoms with Gasteiger partial charge in [-0.1, -0.05) is 19.9 Å². The number of alkyl halides is 1. The summed E-state index contributed by atoms with van der Waals surface area (Å²) in [6.07, 6.45) is 1.26. The molecule has 2 rings (SSSR count). The van der Waals surface area contributed by atoms with Crippen LogP contribution in [0.15, 0.2) is 18.2 Å². The molecule has 1 aliphatic heterocycles. The maximum Gasteiger partial charge on any atom is 0.128 e. The van der Waals surface area contributed by atoms with E-state index in [9.17, 15) is 0 Å². The highest BCUT2D eigenvalue weighted by Crippen LogP contribution is 2.25. The molecule has 0 aliphatic carbocycles. The Morgan fingerprint density at radius 2 is 2.19 bits per heavy atom. The second kappa shape index (κ2) is 5.05. The van der Waals surface area contributed by atoms with E-state index in [-0.39, 0.29) is 0 Å². The molecule has 1 aromatic rings. The third-order valence-corrected chi connectivity index (χ3v) is 3.86. The van der Waals surface area contributed by atoms with Crippen molar-refractivity contribution in [2.45, 2.75) is 26.1 Å². The Morgan fingerprint density at radius 3 is 2.88 bits per heavy atom. The number of nitrogens with zero attached hydrogens (tertiary/aromatic N) is 2. The largest absolute Gasteiger partial charge is 0.356 e. The Labute approximate surface area is 103 Å². The molecule has 0 radical (unpaired) electrons. The molecular weight excluding hydrogens is 220 g/mol. The van der Waals surface area contributed by atoms with Gasteiger partial charge in [-0.25, -0.2) is 4.98 Å². The number of anilines is 1. The van der Waals surface area contributed by atoms with Crippen molar-refractivity contribution < 1.29 is 0 Å². The first-order chi connectivity index (χ1) is 7.70. The fraction of sp³-hybridized carbons (Fsp3) is 0.615. The van der Waals surface area contributed by atoms with E-state index in [1.807, 2.05) is 12.1 Å². The summed E-state index contributed by atoms with van der Waals surface area (Å²) in [4.78, 5) is 6.94. The third kappa shape index (κ3) is 2.49. The van der Waals surface area contributed by atoms with Crippen molar-refractivity contribution in [1.82, 2.24) is 4.98 Å². The topological polar surface area (TPSA) is 16.1 Å². The van der Waals surface area contributed by atoms with Gasteiger partial charge in [-0.2, -0.15) is 0 Å². The van der Waals surface area contributed by atoms with Crippen molar-refractivity contribution in [3.8, 4) is 0 Å². The minimum atomic E-state index is 0.494. The normalized spacial score (nSPS) is 25.8. The van der Waals surface area contributed by atoms with Crippen LogP contribution in [0.5, 0.6) is 0 Å². The Kier molecular flexibility index (Phi) is 3.70. The van der Waals surface area contributed by atoms with Gasteiger partial charge in [0.15, 0.2) is 0 Å². The fourth-order valence-corrected chi connectivity index (χ4v) is 2.34. The average molecular weight is 239 g/mol. The van der Waals surface area contributed by atoms with Crippen molar-refractivity contribution in [1.29, 1.82) is 0 Å². The van der Waals surface area contributed by atoms with E-state index in [1.54, 1.807) is 0 Å². The summed E-state index contributed by atoms with van der Waals surface area (Å²) >= 11 is 5.81. The van der Waals surface area contributed by atoms with Gasteiger partial charge in [0.25, 0.3) is 0 Å². The number of hydrogen-bond donors (Lipinski definition) is 0. The number of rotatable bonds is 2. The number of hydrogen-bond acceptors (Lipinski definition) is 2. The number of pyridine rings is 1. The molecule has 0 bridgehead atoms. The van der Waals surface area contributed by atoms with Crippen LogP contribution in [-0.2, 0) is 5.88 Å². The molecule has 0 amide bonds. The van der Waals surface area contributed by atoms with Crippen LogP contribution in [0.25, 0.3) is 0 Å². The van der Waals surface area contributed by atoms with Gasteiger partial charge in [0, 0.05) is 13.1 Å². The molecule has 16 heavy (non-hydrogen) atoms. The van der Waals surface area contributed by atoms with E-state index in [2.05, 4.69) is 29.8 Å². The van der Waals surface area contributed by atoms with Gasteiger partial charge in [-0.15, -0.1) is 11.6 Å². The molecule has 2 heterocycles. The second-order valence-electron chi connectivity index (χ2n) is 4.81. The predicted octanol–water partition coefficient (Wildman–Crippen LogP) is 3.30. The molecule has 1 aromatic heterocycles. The van der Waals surface area contributed by atoms with Gasteiger partial charge in [0.05, 0.1) is 11.6 Å². The summed E-state index contributed by atoms with van der Waals surface area (Å²) in [6.45, 7) is 6.89. The number of halogens is 1. The number of aromatic nitrogens is 1. The van der Waals surface area contributed by atoms with E-state index < -0.39 is 0 Å². The molecule has 1 aliphatic rings. The van der Waals surface area contributed by atoms with E-state index in [0.717, 1.165) is 36.4 Å². The summed E-state index contributed by atoms with van der Waals surface area (Å²) < 4.78 is 0. The first-order valence-electron chi connectivity index (χ1n) is 5.97. The lowest BCUT2D eigenvalue weighted by Crippen LogP contribution is -2.38. The first-order valence-corrected chi connectivity index (χ1v) is 6.51. The minimum Gasteiger partial charge on any atom is -0.356 e. The van der Waals surface area contributed by atoms with Gasteiger partial charge in [-0.3, -0.25) is 0 Å². The van der Waals surface area contributed by atoms with Crippen LogP contribution in [-0.4, -0.2) is 18.1 Å². The highest BCUT2D eigenvalue weighted by molar-refractivity contribution is 6.16. The van der Waals surface area contributed by atoms with E-state index in [4.69, 9.17) is 11.6 Å². The molecule has 3 heteroatoms. The van der Waals surface area contributed by atoms with Crippen molar-refractivity contribution in [2.75, 3.05) is 18.0 Å². The fourth-order valence-electron chi connectivity index (χ4n) is 2.19. The molecule has 2 atom stereocenters. The Balaban J connectivity index is 2.12. The molecule has 0 saturated carbocycles. The van der Waals surface area contributed by atoms with Crippen LogP contribution < -0.4 is 4.90 Å². The zero-order valence-electron chi connectivity index (χ0n) is 9.99. The van der Waals surface area contributed by atoms with Gasteiger partial charge in [0.2, 0.25) is 0 Å². The average Bonchev–Trinajstić information content (AvgIpc) is 2.33. The summed E-state index contributed by atoms with van der Waals surface area (Å²) in [5.41, 5.74) is 0.963. The molecule has 0 N–H and O–H groups in total. The minimum absolute atomic E-state index is 0.494. The molecule has 88 valence electrons. The van der Waals surface area contributed by atoms with E-state index in [0.29, 0.717) is 5.88 Å². The highest BCUT2D eigenvalue weighted by atomic mass is 35.5. The molecule has 2 nitrogen and oxygen atoms in total. The monoisotopic (exact) mass is 238 g/mol. The maximum atomic E-state index is 5.81. The smallest absolute Gasteiger partial charge is 0.128 e. The van der Waals surface area contributed by atoms with Gasteiger partial charge in [0.1, 0.15) is 5.82 Å². The lowest BCUT2D eigenvalue weighted by Gasteiger charge is -2.36. The third-order valence-electron chi connectivity index (χ3n) is 3.59. The summed E-state index contributed by atoms with van der Waals surface area (Å²) in [5, 5.41) is 0. The number of piperidine rings is 1. The molecule has 1 fully saturated rings. The molecule has 1 saturated heterocycles. The molecule has 0 spiro atoms. The van der Waals surface area contributed by atoms with Crippen molar-refractivity contribution in [3.63, 3.8) is 0 Å². The Bertz CT molecular complexity index is 354. The van der Waals surface area contributed by atoms with Crippen LogP contribution in [0, 0.1) is 11.8 Å². The Morgan fingerprint density at radius 1 is 1.38 bits per heavy atom. The van der Waals surface area contributed by atoms with Crippen LogP contribution in [0.3, 0.4) is 0 Å². The van der Waals surface area contributed by atoms with Gasteiger partial charge < -0.3 is 4.90 Å². The van der Waals surface area contributed by atoms with E-state index in [1.165, 1.54) is 6.42 Å². The van der Waals surface area contributed by atoms with Gasteiger partial charge in [-0.05, 0) is 30.4 Å². The highest BCUT2D eigenvalue weighted by Gasteiger charge is 2.23. The predicted molar refractivity (Wildman–Crippen MR) is 69.0 cm³/mol. The quantitative estimate of drug-likeness (QED) is 0.735.